The molecule has 23 heavy (non-hydrogen) atoms. The lowest BCUT2D eigenvalue weighted by Crippen LogP contribution is -2.18. The summed E-state index contributed by atoms with van der Waals surface area (Å²) in [6.45, 7) is 2.63. The van der Waals surface area contributed by atoms with E-state index in [9.17, 15) is 0 Å². The summed E-state index contributed by atoms with van der Waals surface area (Å²) in [5.41, 5.74) is 2.08. The summed E-state index contributed by atoms with van der Waals surface area (Å²) < 4.78 is 5.78. The van der Waals surface area contributed by atoms with E-state index in [0.29, 0.717) is 23.2 Å². The Labute approximate surface area is 145 Å². The second kappa shape index (κ2) is 7.18. The second-order valence-electron chi connectivity index (χ2n) is 5.28. The molecule has 1 heterocycles. The van der Waals surface area contributed by atoms with E-state index in [1.54, 1.807) is 6.20 Å². The number of nitrogens with zero attached hydrogens (tertiary/aromatic N) is 1. The van der Waals surface area contributed by atoms with Gasteiger partial charge in [-0.2, -0.15) is 0 Å². The van der Waals surface area contributed by atoms with Gasteiger partial charge in [0.25, 0.3) is 0 Å². The molecule has 118 valence electrons. The highest BCUT2D eigenvalue weighted by Gasteiger charge is 2.09. The SMILES string of the molecule is CC(NCc1ncc(-c2cccc(Cl)c2)o1)c1ccc(Cl)cc1. The van der Waals surface area contributed by atoms with E-state index >= 15 is 0 Å². The van der Waals surface area contributed by atoms with Crippen LogP contribution < -0.4 is 5.32 Å². The first-order chi connectivity index (χ1) is 11.1. The van der Waals surface area contributed by atoms with Crippen LogP contribution in [0.5, 0.6) is 0 Å². The van der Waals surface area contributed by atoms with E-state index in [1.165, 1.54) is 0 Å². The van der Waals surface area contributed by atoms with Gasteiger partial charge in [0.15, 0.2) is 5.76 Å². The first-order valence-corrected chi connectivity index (χ1v) is 8.07. The largest absolute Gasteiger partial charge is 0.439 e. The topological polar surface area (TPSA) is 38.1 Å². The first-order valence-electron chi connectivity index (χ1n) is 7.31. The van der Waals surface area contributed by atoms with Crippen LogP contribution in [-0.2, 0) is 6.54 Å². The predicted octanol–water partition coefficient (Wildman–Crippen LogP) is 5.50. The average molecular weight is 347 g/mol. The van der Waals surface area contributed by atoms with Crippen molar-refractivity contribution < 1.29 is 4.42 Å². The fraction of sp³-hybridized carbons (Fsp3) is 0.167. The maximum Gasteiger partial charge on any atom is 0.208 e. The normalized spacial score (nSPS) is 12.3. The van der Waals surface area contributed by atoms with Crippen LogP contribution in [0.2, 0.25) is 10.0 Å². The molecule has 2 aromatic carbocycles. The van der Waals surface area contributed by atoms with E-state index in [0.717, 1.165) is 16.1 Å². The third-order valence-electron chi connectivity index (χ3n) is 3.59. The van der Waals surface area contributed by atoms with Gasteiger partial charge in [-0.05, 0) is 36.8 Å². The quantitative estimate of drug-likeness (QED) is 0.662. The van der Waals surface area contributed by atoms with Gasteiger partial charge in [0.1, 0.15) is 0 Å². The van der Waals surface area contributed by atoms with Crippen molar-refractivity contribution in [3.8, 4) is 11.3 Å². The lowest BCUT2D eigenvalue weighted by atomic mass is 10.1. The van der Waals surface area contributed by atoms with Gasteiger partial charge in [0, 0.05) is 21.7 Å². The molecule has 3 rings (SSSR count). The molecule has 0 aliphatic rings. The summed E-state index contributed by atoms with van der Waals surface area (Å²) in [6.07, 6.45) is 1.72. The Morgan fingerprint density at radius 1 is 1.09 bits per heavy atom. The molecule has 0 amide bonds. The minimum Gasteiger partial charge on any atom is -0.439 e. The number of rotatable bonds is 5. The lowest BCUT2D eigenvalue weighted by Gasteiger charge is -2.12. The van der Waals surface area contributed by atoms with Crippen LogP contribution >= 0.6 is 23.2 Å². The van der Waals surface area contributed by atoms with Crippen molar-refractivity contribution in [3.05, 3.63) is 76.2 Å². The third-order valence-corrected chi connectivity index (χ3v) is 4.08. The zero-order chi connectivity index (χ0) is 16.2. The summed E-state index contributed by atoms with van der Waals surface area (Å²) in [4.78, 5) is 4.31. The fourth-order valence-electron chi connectivity index (χ4n) is 2.28. The minimum absolute atomic E-state index is 0.175. The van der Waals surface area contributed by atoms with Crippen molar-refractivity contribution in [3.63, 3.8) is 0 Å². The number of hydrogen-bond acceptors (Lipinski definition) is 3. The maximum atomic E-state index is 6.00. The Balaban J connectivity index is 1.64. The molecule has 3 aromatic rings. The summed E-state index contributed by atoms with van der Waals surface area (Å²) >= 11 is 11.9. The van der Waals surface area contributed by atoms with Crippen LogP contribution in [0.3, 0.4) is 0 Å². The Kier molecular flexibility index (Phi) is 5.01. The summed E-state index contributed by atoms with van der Waals surface area (Å²) in [5, 5.41) is 4.80. The Morgan fingerprint density at radius 3 is 2.61 bits per heavy atom. The van der Waals surface area contributed by atoms with Crippen molar-refractivity contribution in [2.75, 3.05) is 0 Å². The van der Waals surface area contributed by atoms with Crippen LogP contribution in [0.15, 0.2) is 59.1 Å². The molecule has 0 aliphatic heterocycles. The monoisotopic (exact) mass is 346 g/mol. The van der Waals surface area contributed by atoms with E-state index in [1.807, 2.05) is 48.5 Å². The van der Waals surface area contributed by atoms with E-state index in [2.05, 4.69) is 17.2 Å². The lowest BCUT2D eigenvalue weighted by molar-refractivity contribution is 0.454. The molecule has 1 unspecified atom stereocenters. The van der Waals surface area contributed by atoms with Crippen molar-refractivity contribution in [2.24, 2.45) is 0 Å². The number of oxazole rings is 1. The van der Waals surface area contributed by atoms with Gasteiger partial charge < -0.3 is 9.73 Å². The molecule has 1 atom stereocenters. The Bertz CT molecular complexity index is 784. The van der Waals surface area contributed by atoms with Crippen LogP contribution in [0.1, 0.15) is 24.4 Å². The van der Waals surface area contributed by atoms with E-state index in [-0.39, 0.29) is 6.04 Å². The second-order valence-corrected chi connectivity index (χ2v) is 6.16. The van der Waals surface area contributed by atoms with Crippen molar-refractivity contribution >= 4 is 23.2 Å². The first kappa shape index (κ1) is 16.1. The van der Waals surface area contributed by atoms with Crippen LogP contribution in [0.4, 0.5) is 0 Å². The third kappa shape index (κ3) is 4.14. The van der Waals surface area contributed by atoms with Gasteiger partial charge in [0.2, 0.25) is 5.89 Å². The van der Waals surface area contributed by atoms with Gasteiger partial charge in [-0.3, -0.25) is 0 Å². The van der Waals surface area contributed by atoms with Gasteiger partial charge >= 0.3 is 0 Å². The molecule has 0 aliphatic carbocycles. The predicted molar refractivity (Wildman–Crippen MR) is 93.7 cm³/mol. The van der Waals surface area contributed by atoms with Gasteiger partial charge in [-0.1, -0.05) is 47.5 Å². The molecule has 0 spiro atoms. The molecule has 0 fully saturated rings. The van der Waals surface area contributed by atoms with Crippen LogP contribution in [0.25, 0.3) is 11.3 Å². The Hall–Kier alpha value is -1.81. The summed E-state index contributed by atoms with van der Waals surface area (Å²) in [5.74, 6) is 1.35. The highest BCUT2D eigenvalue weighted by Crippen LogP contribution is 2.23. The molecule has 0 saturated heterocycles. The summed E-state index contributed by atoms with van der Waals surface area (Å²) in [7, 11) is 0. The zero-order valence-electron chi connectivity index (χ0n) is 12.6. The number of nitrogens with one attached hydrogen (secondary N) is 1. The standard InChI is InChI=1S/C18H16Cl2N2O/c1-12(13-5-7-15(19)8-6-13)21-11-18-22-10-17(23-18)14-3-2-4-16(20)9-14/h2-10,12,21H,11H2,1H3. The van der Waals surface area contributed by atoms with Gasteiger partial charge in [-0.25, -0.2) is 4.98 Å². The summed E-state index contributed by atoms with van der Waals surface area (Å²) in [6, 6.07) is 15.5. The highest BCUT2D eigenvalue weighted by atomic mass is 35.5. The molecule has 0 bridgehead atoms. The average Bonchev–Trinajstić information content (AvgIpc) is 3.02. The molecule has 3 nitrogen and oxygen atoms in total. The fourth-order valence-corrected chi connectivity index (χ4v) is 2.59. The minimum atomic E-state index is 0.175. The number of aromatic nitrogens is 1. The van der Waals surface area contributed by atoms with Gasteiger partial charge in [-0.15, -0.1) is 0 Å². The van der Waals surface area contributed by atoms with Crippen molar-refractivity contribution in [1.29, 1.82) is 0 Å². The van der Waals surface area contributed by atoms with Crippen LogP contribution in [0, 0.1) is 0 Å². The van der Waals surface area contributed by atoms with E-state index in [4.69, 9.17) is 27.6 Å². The van der Waals surface area contributed by atoms with Crippen LogP contribution in [-0.4, -0.2) is 4.98 Å². The van der Waals surface area contributed by atoms with E-state index < -0.39 is 0 Å². The van der Waals surface area contributed by atoms with Crippen molar-refractivity contribution in [1.82, 2.24) is 10.3 Å². The highest BCUT2D eigenvalue weighted by molar-refractivity contribution is 6.31. The molecular weight excluding hydrogens is 331 g/mol. The van der Waals surface area contributed by atoms with Gasteiger partial charge in [0.05, 0.1) is 12.7 Å². The molecule has 1 N–H and O–H groups in total. The number of halogens is 2. The zero-order valence-corrected chi connectivity index (χ0v) is 14.1. The number of hydrogen-bond donors (Lipinski definition) is 1. The molecule has 5 heteroatoms. The molecular formula is C18H16Cl2N2O. The maximum absolute atomic E-state index is 6.00. The Morgan fingerprint density at radius 2 is 1.87 bits per heavy atom. The number of benzene rings is 2. The molecule has 1 aromatic heterocycles. The molecule has 0 radical (unpaired) electrons. The smallest absolute Gasteiger partial charge is 0.208 e. The van der Waals surface area contributed by atoms with Crippen molar-refractivity contribution in [2.45, 2.75) is 19.5 Å². The molecule has 0 saturated carbocycles.